The molecule has 0 saturated carbocycles. The Kier molecular flexibility index (Phi) is 9.77. The van der Waals surface area contributed by atoms with Crippen molar-refractivity contribution < 1.29 is 9.53 Å². The molecule has 0 aromatic heterocycles. The van der Waals surface area contributed by atoms with E-state index in [0.29, 0.717) is 6.61 Å². The molecule has 1 fully saturated rings. The molecule has 0 aliphatic carbocycles. The van der Waals surface area contributed by atoms with Gasteiger partial charge in [0.25, 0.3) is 0 Å². The molecule has 0 aromatic carbocycles. The number of thioether (sulfide) groups is 2. The summed E-state index contributed by atoms with van der Waals surface area (Å²) in [5.41, 5.74) is 0. The molecule has 1 heterocycles. The van der Waals surface area contributed by atoms with Crippen LogP contribution in [0.5, 0.6) is 0 Å². The molecule has 0 aromatic rings. The number of nitrogens with zero attached hydrogens (tertiary/aromatic N) is 1. The predicted octanol–water partition coefficient (Wildman–Crippen LogP) is 2.23. The second kappa shape index (κ2) is 9.68. The van der Waals surface area contributed by atoms with Gasteiger partial charge in [0.05, 0.1) is 0 Å². The highest BCUT2D eigenvalue weighted by Gasteiger charge is 2.09. The first-order valence-corrected chi connectivity index (χ1v) is 7.11. The maximum atomic E-state index is 10.4. The van der Waals surface area contributed by atoms with Crippen LogP contribution in [-0.2, 0) is 9.53 Å². The zero-order valence-electron chi connectivity index (χ0n) is 9.12. The maximum Gasteiger partial charge on any atom is 0.302 e. The Hall–Kier alpha value is 0.130. The second-order valence-electron chi connectivity index (χ2n) is 2.52. The largest absolute Gasteiger partial charge is 0.465 e. The Labute approximate surface area is 94.9 Å². The molecule has 0 unspecified atom stereocenters. The summed E-state index contributed by atoms with van der Waals surface area (Å²) in [6.45, 7) is 6.83. The third-order valence-electron chi connectivity index (χ3n) is 1.43. The summed E-state index contributed by atoms with van der Waals surface area (Å²) < 4.78 is 4.85. The van der Waals surface area contributed by atoms with Gasteiger partial charge in [-0.2, -0.15) is 0 Å². The van der Waals surface area contributed by atoms with Gasteiger partial charge in [0, 0.05) is 30.3 Å². The Morgan fingerprint density at radius 3 is 2.43 bits per heavy atom. The minimum Gasteiger partial charge on any atom is -0.465 e. The van der Waals surface area contributed by atoms with Gasteiger partial charge in [-0.15, -0.1) is 23.5 Å². The lowest BCUT2D eigenvalue weighted by Gasteiger charge is -2.24. The van der Waals surface area contributed by atoms with Crippen LogP contribution < -0.4 is 0 Å². The molecule has 0 N–H and O–H groups in total. The molecule has 5 heteroatoms. The average Bonchev–Trinajstić information content (AvgIpc) is 2.22. The van der Waals surface area contributed by atoms with Gasteiger partial charge in [-0.25, -0.2) is 0 Å². The summed E-state index contributed by atoms with van der Waals surface area (Å²) in [5.74, 6) is 1.94. The number of esters is 1. The van der Waals surface area contributed by atoms with Gasteiger partial charge in [-0.05, 0) is 0 Å². The number of hydrogen-bond donors (Lipinski definition) is 0. The van der Waals surface area contributed by atoms with Crippen LogP contribution in [0.4, 0.5) is 0 Å². The lowest BCUT2D eigenvalue weighted by Crippen LogP contribution is -2.29. The zero-order valence-corrected chi connectivity index (χ0v) is 10.7. The fraction of sp³-hybridized carbons (Fsp3) is 0.889. The van der Waals surface area contributed by atoms with Crippen LogP contribution in [0.15, 0.2) is 0 Å². The van der Waals surface area contributed by atoms with Crippen molar-refractivity contribution >= 4 is 29.5 Å². The summed E-state index contributed by atoms with van der Waals surface area (Å²) in [7, 11) is 0. The van der Waals surface area contributed by atoms with E-state index in [-0.39, 0.29) is 5.97 Å². The summed E-state index contributed by atoms with van der Waals surface area (Å²) in [6.07, 6.45) is 0. The molecule has 0 atom stereocenters. The van der Waals surface area contributed by atoms with Crippen molar-refractivity contribution in [3.8, 4) is 0 Å². The molecule has 0 amide bonds. The molecule has 0 spiro atoms. The third kappa shape index (κ3) is 7.53. The molecule has 1 rings (SSSR count). The molecule has 1 saturated heterocycles. The Balaban J connectivity index is 0.000000791. The number of carbonyl (C=O) groups excluding carboxylic acids is 1. The zero-order chi connectivity index (χ0) is 10.8. The Morgan fingerprint density at radius 1 is 1.36 bits per heavy atom. The van der Waals surface area contributed by atoms with E-state index in [2.05, 4.69) is 4.90 Å². The highest BCUT2D eigenvalue weighted by molar-refractivity contribution is 8.16. The van der Waals surface area contributed by atoms with Crippen molar-refractivity contribution in [2.75, 3.05) is 30.0 Å². The van der Waals surface area contributed by atoms with E-state index in [1.165, 1.54) is 12.0 Å². The fourth-order valence-electron chi connectivity index (χ4n) is 0.876. The van der Waals surface area contributed by atoms with E-state index in [4.69, 9.17) is 4.74 Å². The van der Waals surface area contributed by atoms with Crippen molar-refractivity contribution in [3.63, 3.8) is 0 Å². The first-order chi connectivity index (χ1) is 6.79. The second-order valence-corrected chi connectivity index (χ2v) is 4.79. The smallest absolute Gasteiger partial charge is 0.302 e. The van der Waals surface area contributed by atoms with Crippen molar-refractivity contribution in [1.82, 2.24) is 4.90 Å². The molecule has 1 aliphatic rings. The van der Waals surface area contributed by atoms with E-state index >= 15 is 0 Å². The SMILES string of the molecule is CC.CC(=O)OCCN1CSCSC1. The topological polar surface area (TPSA) is 29.5 Å². The van der Waals surface area contributed by atoms with Gasteiger partial charge < -0.3 is 4.74 Å². The van der Waals surface area contributed by atoms with E-state index < -0.39 is 0 Å². The highest BCUT2D eigenvalue weighted by Crippen LogP contribution is 2.20. The number of carbonyl (C=O) groups is 1. The van der Waals surface area contributed by atoms with Gasteiger partial charge in [0.2, 0.25) is 0 Å². The standard InChI is InChI=1S/C7H13NO2S2.C2H6/c1-7(9)10-3-2-8-4-11-6-12-5-8;1-2/h2-6H2,1H3;1-2H3. The van der Waals surface area contributed by atoms with Crippen LogP contribution >= 0.6 is 23.5 Å². The molecule has 84 valence electrons. The van der Waals surface area contributed by atoms with Crippen molar-refractivity contribution in [2.45, 2.75) is 20.8 Å². The first-order valence-electron chi connectivity index (χ1n) is 4.80. The normalized spacial score (nSPS) is 16.8. The number of hydrogen-bond acceptors (Lipinski definition) is 5. The number of rotatable bonds is 3. The molecule has 0 radical (unpaired) electrons. The van der Waals surface area contributed by atoms with Crippen molar-refractivity contribution in [3.05, 3.63) is 0 Å². The van der Waals surface area contributed by atoms with Crippen LogP contribution in [-0.4, -0.2) is 40.9 Å². The van der Waals surface area contributed by atoms with Crippen LogP contribution in [0, 0.1) is 0 Å². The van der Waals surface area contributed by atoms with Gasteiger partial charge in [0.15, 0.2) is 0 Å². The van der Waals surface area contributed by atoms with E-state index in [0.717, 1.165) is 18.3 Å². The van der Waals surface area contributed by atoms with Gasteiger partial charge in [-0.1, -0.05) is 13.8 Å². The average molecular weight is 237 g/mol. The third-order valence-corrected chi connectivity index (χ3v) is 3.86. The summed E-state index contributed by atoms with van der Waals surface area (Å²) in [4.78, 5) is 12.7. The highest BCUT2D eigenvalue weighted by atomic mass is 32.2. The van der Waals surface area contributed by atoms with Crippen molar-refractivity contribution in [1.29, 1.82) is 0 Å². The maximum absolute atomic E-state index is 10.4. The lowest BCUT2D eigenvalue weighted by molar-refractivity contribution is -0.141. The lowest BCUT2D eigenvalue weighted by atomic mass is 10.6. The molecule has 0 bridgehead atoms. The molecular formula is C9H19NO2S2. The predicted molar refractivity (Wildman–Crippen MR) is 64.5 cm³/mol. The van der Waals surface area contributed by atoms with E-state index in [1.807, 2.05) is 37.4 Å². The van der Waals surface area contributed by atoms with E-state index in [9.17, 15) is 4.79 Å². The summed E-state index contributed by atoms with van der Waals surface area (Å²) in [5, 5.41) is 1.18. The van der Waals surface area contributed by atoms with Crippen LogP contribution in [0.3, 0.4) is 0 Å². The quantitative estimate of drug-likeness (QED) is 0.702. The van der Waals surface area contributed by atoms with Crippen molar-refractivity contribution in [2.24, 2.45) is 0 Å². The van der Waals surface area contributed by atoms with Crippen LogP contribution in [0.25, 0.3) is 0 Å². The molecule has 14 heavy (non-hydrogen) atoms. The Morgan fingerprint density at radius 2 is 1.93 bits per heavy atom. The monoisotopic (exact) mass is 237 g/mol. The fourth-order valence-corrected chi connectivity index (χ4v) is 3.02. The summed E-state index contributed by atoms with van der Waals surface area (Å²) >= 11 is 3.82. The molecular weight excluding hydrogens is 218 g/mol. The minimum atomic E-state index is -0.188. The van der Waals surface area contributed by atoms with Gasteiger partial charge in [0.1, 0.15) is 6.61 Å². The molecule has 1 aliphatic heterocycles. The number of ether oxygens (including phenoxy) is 1. The van der Waals surface area contributed by atoms with Gasteiger partial charge >= 0.3 is 5.97 Å². The first kappa shape index (κ1) is 14.1. The van der Waals surface area contributed by atoms with Crippen LogP contribution in [0.1, 0.15) is 20.8 Å². The van der Waals surface area contributed by atoms with E-state index in [1.54, 1.807) is 0 Å². The minimum absolute atomic E-state index is 0.188. The van der Waals surface area contributed by atoms with Gasteiger partial charge in [-0.3, -0.25) is 9.69 Å². The molecule has 3 nitrogen and oxygen atoms in total. The van der Waals surface area contributed by atoms with Crippen LogP contribution in [0.2, 0.25) is 0 Å². The summed E-state index contributed by atoms with van der Waals surface area (Å²) in [6, 6.07) is 0. The Bertz CT molecular complexity index is 150.